The Hall–Kier alpha value is -2.07. The van der Waals surface area contributed by atoms with Gasteiger partial charge in [-0.1, -0.05) is 29.8 Å². The number of hydrogen-bond donors (Lipinski definition) is 1. The van der Waals surface area contributed by atoms with E-state index in [9.17, 15) is 4.79 Å². The summed E-state index contributed by atoms with van der Waals surface area (Å²) in [4.78, 5) is 14.6. The maximum absolute atomic E-state index is 10.7. The summed E-state index contributed by atoms with van der Waals surface area (Å²) in [6.07, 6.45) is 0. The second-order valence-corrected chi connectivity index (χ2v) is 3.61. The quantitative estimate of drug-likeness (QED) is 0.907. The molecule has 0 fully saturated rings. The van der Waals surface area contributed by atoms with Crippen molar-refractivity contribution in [1.82, 2.24) is 4.98 Å². The zero-order valence-electron chi connectivity index (χ0n) is 8.63. The molecule has 1 aromatic carbocycles. The van der Waals surface area contributed by atoms with E-state index >= 15 is 0 Å². The highest BCUT2D eigenvalue weighted by Gasteiger charge is 2.07. The van der Waals surface area contributed by atoms with E-state index in [0.29, 0.717) is 10.8 Å². The topological polar surface area (TPSA) is 59.4 Å². The number of para-hydroxylation sites is 1. The zero-order valence-corrected chi connectivity index (χ0v) is 9.39. The molecule has 2 rings (SSSR count). The van der Waals surface area contributed by atoms with Gasteiger partial charge in [-0.15, -0.1) is 0 Å². The summed E-state index contributed by atoms with van der Waals surface area (Å²) in [5, 5.41) is 9.23. The lowest BCUT2D eigenvalue weighted by Crippen LogP contribution is -2.00. The fourth-order valence-corrected chi connectivity index (χ4v) is 1.41. The molecule has 2 aromatic rings. The molecule has 0 aliphatic rings. The maximum Gasteiger partial charge on any atom is 0.354 e. The molecule has 0 saturated heterocycles. The molecule has 0 radical (unpaired) electrons. The predicted octanol–water partition coefficient (Wildman–Crippen LogP) is 3.23. The Morgan fingerprint density at radius 3 is 2.65 bits per heavy atom. The zero-order chi connectivity index (χ0) is 12.3. The van der Waals surface area contributed by atoms with Crippen LogP contribution in [0.3, 0.4) is 0 Å². The van der Waals surface area contributed by atoms with E-state index in [1.807, 2.05) is 0 Å². The molecule has 0 unspecified atom stereocenters. The SMILES string of the molecule is O=C(O)c1cccc(Oc2ccccc2Cl)n1. The van der Waals surface area contributed by atoms with Gasteiger partial charge in [0, 0.05) is 6.07 Å². The smallest absolute Gasteiger partial charge is 0.354 e. The second-order valence-electron chi connectivity index (χ2n) is 3.20. The number of ether oxygens (including phenoxy) is 1. The van der Waals surface area contributed by atoms with Crippen molar-refractivity contribution in [2.75, 3.05) is 0 Å². The van der Waals surface area contributed by atoms with Crippen LogP contribution in [0.4, 0.5) is 0 Å². The van der Waals surface area contributed by atoms with Crippen LogP contribution < -0.4 is 4.74 Å². The molecule has 0 aliphatic carbocycles. The van der Waals surface area contributed by atoms with Gasteiger partial charge in [-0.2, -0.15) is 0 Å². The third kappa shape index (κ3) is 2.73. The van der Waals surface area contributed by atoms with Gasteiger partial charge in [0.05, 0.1) is 5.02 Å². The highest BCUT2D eigenvalue weighted by molar-refractivity contribution is 6.32. The molecule has 5 heteroatoms. The number of rotatable bonds is 3. The minimum Gasteiger partial charge on any atom is -0.477 e. The molecule has 0 atom stereocenters. The first-order valence-electron chi connectivity index (χ1n) is 4.79. The average Bonchev–Trinajstić information content (AvgIpc) is 2.32. The van der Waals surface area contributed by atoms with Crippen molar-refractivity contribution in [2.45, 2.75) is 0 Å². The number of carboxylic acid groups (broad SMARTS) is 1. The molecule has 86 valence electrons. The van der Waals surface area contributed by atoms with E-state index in [2.05, 4.69) is 4.98 Å². The van der Waals surface area contributed by atoms with Gasteiger partial charge in [0.15, 0.2) is 5.69 Å². The van der Waals surface area contributed by atoms with Crippen molar-refractivity contribution in [3.05, 3.63) is 53.2 Å². The van der Waals surface area contributed by atoms with Crippen LogP contribution in [0.5, 0.6) is 11.6 Å². The van der Waals surface area contributed by atoms with E-state index in [0.717, 1.165) is 0 Å². The third-order valence-corrected chi connectivity index (χ3v) is 2.31. The largest absolute Gasteiger partial charge is 0.477 e. The van der Waals surface area contributed by atoms with E-state index in [1.165, 1.54) is 6.07 Å². The van der Waals surface area contributed by atoms with Crippen LogP contribution in [0.2, 0.25) is 5.02 Å². The minimum absolute atomic E-state index is 0.0745. The third-order valence-electron chi connectivity index (χ3n) is 1.99. The average molecular weight is 250 g/mol. The predicted molar refractivity (Wildman–Crippen MR) is 62.7 cm³/mol. The molecule has 0 aliphatic heterocycles. The molecular formula is C12H8ClNO3. The number of hydrogen-bond acceptors (Lipinski definition) is 3. The van der Waals surface area contributed by atoms with Crippen molar-refractivity contribution in [3.63, 3.8) is 0 Å². The number of nitrogens with zero attached hydrogens (tertiary/aromatic N) is 1. The minimum atomic E-state index is -1.10. The van der Waals surface area contributed by atoms with Crippen molar-refractivity contribution in [3.8, 4) is 11.6 Å². The van der Waals surface area contributed by atoms with Crippen molar-refractivity contribution >= 4 is 17.6 Å². The maximum atomic E-state index is 10.7. The Morgan fingerprint density at radius 2 is 1.94 bits per heavy atom. The number of aromatic nitrogens is 1. The van der Waals surface area contributed by atoms with Gasteiger partial charge in [-0.05, 0) is 18.2 Å². The second kappa shape index (κ2) is 4.84. The van der Waals surface area contributed by atoms with Gasteiger partial charge in [-0.25, -0.2) is 9.78 Å². The summed E-state index contributed by atoms with van der Waals surface area (Å²) in [5.41, 5.74) is -0.0745. The van der Waals surface area contributed by atoms with E-state index in [-0.39, 0.29) is 11.6 Å². The Kier molecular flexibility index (Phi) is 3.25. The van der Waals surface area contributed by atoms with Gasteiger partial charge < -0.3 is 9.84 Å². The van der Waals surface area contributed by atoms with Crippen LogP contribution in [0.15, 0.2) is 42.5 Å². The van der Waals surface area contributed by atoms with Crippen LogP contribution >= 0.6 is 11.6 Å². The first-order valence-corrected chi connectivity index (χ1v) is 5.17. The molecule has 0 saturated carbocycles. The fourth-order valence-electron chi connectivity index (χ4n) is 1.23. The summed E-state index contributed by atoms with van der Waals surface area (Å²) in [5.74, 6) is -0.475. The van der Waals surface area contributed by atoms with Crippen LogP contribution in [0.25, 0.3) is 0 Å². The number of halogens is 1. The van der Waals surface area contributed by atoms with E-state index < -0.39 is 5.97 Å². The number of benzene rings is 1. The number of aromatic carboxylic acids is 1. The van der Waals surface area contributed by atoms with Crippen LogP contribution in [-0.2, 0) is 0 Å². The van der Waals surface area contributed by atoms with Crippen LogP contribution in [0, 0.1) is 0 Å². The monoisotopic (exact) mass is 249 g/mol. The van der Waals surface area contributed by atoms with E-state index in [1.54, 1.807) is 36.4 Å². The van der Waals surface area contributed by atoms with Crippen LogP contribution in [0.1, 0.15) is 10.5 Å². The summed E-state index contributed by atoms with van der Waals surface area (Å²) >= 11 is 5.91. The van der Waals surface area contributed by atoms with E-state index in [4.69, 9.17) is 21.4 Å². The summed E-state index contributed by atoms with van der Waals surface area (Å²) in [6.45, 7) is 0. The standard InChI is InChI=1S/C12H8ClNO3/c13-8-4-1-2-6-10(8)17-11-7-3-5-9(14-11)12(15)16/h1-7H,(H,15,16). The highest BCUT2D eigenvalue weighted by atomic mass is 35.5. The summed E-state index contributed by atoms with van der Waals surface area (Å²) in [6, 6.07) is 11.4. The van der Waals surface area contributed by atoms with Gasteiger partial charge in [0.25, 0.3) is 0 Å². The Bertz CT molecular complexity index is 557. The molecule has 0 bridgehead atoms. The lowest BCUT2D eigenvalue weighted by atomic mass is 10.3. The molecule has 0 amide bonds. The van der Waals surface area contributed by atoms with Gasteiger partial charge in [-0.3, -0.25) is 0 Å². The normalized spacial score (nSPS) is 9.94. The Balaban J connectivity index is 2.28. The lowest BCUT2D eigenvalue weighted by Gasteiger charge is -2.06. The fraction of sp³-hybridized carbons (Fsp3) is 0. The van der Waals surface area contributed by atoms with Crippen molar-refractivity contribution in [1.29, 1.82) is 0 Å². The molecule has 1 heterocycles. The van der Waals surface area contributed by atoms with Gasteiger partial charge >= 0.3 is 5.97 Å². The first-order chi connectivity index (χ1) is 8.16. The number of carboxylic acids is 1. The summed E-state index contributed by atoms with van der Waals surface area (Å²) in [7, 11) is 0. The van der Waals surface area contributed by atoms with Gasteiger partial charge in [0.2, 0.25) is 5.88 Å². The number of carbonyl (C=O) groups is 1. The van der Waals surface area contributed by atoms with Gasteiger partial charge in [0.1, 0.15) is 5.75 Å². The summed E-state index contributed by atoms with van der Waals surface area (Å²) < 4.78 is 5.39. The molecule has 4 nitrogen and oxygen atoms in total. The Morgan fingerprint density at radius 1 is 1.18 bits per heavy atom. The molecule has 1 N–H and O–H groups in total. The number of pyridine rings is 1. The molecule has 0 spiro atoms. The highest BCUT2D eigenvalue weighted by Crippen LogP contribution is 2.27. The molecule has 17 heavy (non-hydrogen) atoms. The lowest BCUT2D eigenvalue weighted by molar-refractivity contribution is 0.0689. The molecular weight excluding hydrogens is 242 g/mol. The molecule has 1 aromatic heterocycles. The van der Waals surface area contributed by atoms with Crippen molar-refractivity contribution < 1.29 is 14.6 Å². The van der Waals surface area contributed by atoms with Crippen LogP contribution in [-0.4, -0.2) is 16.1 Å². The van der Waals surface area contributed by atoms with Crippen molar-refractivity contribution in [2.24, 2.45) is 0 Å². The first kappa shape index (κ1) is 11.4. The Labute approximate surface area is 102 Å².